The fourth-order valence-corrected chi connectivity index (χ4v) is 1.08. The Morgan fingerprint density at radius 3 is 2.50 bits per heavy atom. The molecule has 0 aliphatic heterocycles. The van der Waals surface area contributed by atoms with Crippen LogP contribution in [0, 0.1) is 5.92 Å². The molecule has 0 heterocycles. The summed E-state index contributed by atoms with van der Waals surface area (Å²) in [5.74, 6) is -1.57. The fraction of sp³-hybridized carbons (Fsp3) is 0.800. The zero-order valence-electron chi connectivity index (χ0n) is 9.69. The minimum atomic E-state index is -1.41. The number of carboxylic acid groups (broad SMARTS) is 1. The van der Waals surface area contributed by atoms with Gasteiger partial charge in [-0.15, -0.1) is 0 Å². The van der Waals surface area contributed by atoms with Gasteiger partial charge in [0.25, 0.3) is 0 Å². The lowest BCUT2D eigenvalue weighted by Crippen LogP contribution is -2.37. The van der Waals surface area contributed by atoms with E-state index in [-0.39, 0.29) is 24.8 Å². The van der Waals surface area contributed by atoms with Gasteiger partial charge in [-0.1, -0.05) is 13.8 Å². The van der Waals surface area contributed by atoms with E-state index in [4.69, 9.17) is 10.2 Å². The average Bonchev–Trinajstić information content (AvgIpc) is 2.25. The summed E-state index contributed by atoms with van der Waals surface area (Å²) in [7, 11) is 0. The largest absolute Gasteiger partial charge is 0.479 e. The second kappa shape index (κ2) is 8.06. The summed E-state index contributed by atoms with van der Waals surface area (Å²) >= 11 is 0. The summed E-state index contributed by atoms with van der Waals surface area (Å²) in [6.45, 7) is 5.29. The first kappa shape index (κ1) is 14.9. The molecule has 0 spiro atoms. The molecule has 6 heteroatoms. The van der Waals surface area contributed by atoms with Crippen molar-refractivity contribution in [2.75, 3.05) is 19.6 Å². The molecular formula is C10H20N2O4. The van der Waals surface area contributed by atoms with E-state index < -0.39 is 12.1 Å². The first-order valence-corrected chi connectivity index (χ1v) is 5.38. The van der Waals surface area contributed by atoms with Crippen LogP contribution in [0.15, 0.2) is 0 Å². The van der Waals surface area contributed by atoms with Crippen LogP contribution in [-0.2, 0) is 9.59 Å². The van der Waals surface area contributed by atoms with Crippen LogP contribution in [-0.4, -0.2) is 47.8 Å². The molecule has 0 aliphatic rings. The van der Waals surface area contributed by atoms with Crippen LogP contribution in [0.4, 0.5) is 0 Å². The molecule has 16 heavy (non-hydrogen) atoms. The van der Waals surface area contributed by atoms with E-state index in [0.29, 0.717) is 6.54 Å². The van der Waals surface area contributed by atoms with Gasteiger partial charge in [-0.3, -0.25) is 4.79 Å². The van der Waals surface area contributed by atoms with Gasteiger partial charge in [-0.25, -0.2) is 4.79 Å². The van der Waals surface area contributed by atoms with Crippen molar-refractivity contribution < 1.29 is 19.8 Å². The van der Waals surface area contributed by atoms with Crippen molar-refractivity contribution in [2.45, 2.75) is 26.4 Å². The van der Waals surface area contributed by atoms with Crippen molar-refractivity contribution in [3.05, 3.63) is 0 Å². The van der Waals surface area contributed by atoms with Crippen molar-refractivity contribution in [3.63, 3.8) is 0 Å². The molecule has 1 amide bonds. The zero-order valence-corrected chi connectivity index (χ0v) is 9.69. The molecule has 0 rings (SSSR count). The van der Waals surface area contributed by atoms with Crippen LogP contribution in [0.25, 0.3) is 0 Å². The minimum Gasteiger partial charge on any atom is -0.479 e. The number of amides is 1. The summed E-state index contributed by atoms with van der Waals surface area (Å²) < 4.78 is 0. The van der Waals surface area contributed by atoms with Crippen LogP contribution in [0.5, 0.6) is 0 Å². The lowest BCUT2D eigenvalue weighted by atomic mass is 10.1. The van der Waals surface area contributed by atoms with Crippen LogP contribution in [0.3, 0.4) is 0 Å². The normalized spacial score (nSPS) is 14.2. The predicted octanol–water partition coefficient (Wildman–Crippen LogP) is -0.816. The summed E-state index contributed by atoms with van der Waals surface area (Å²) in [6, 6.07) is 0. The molecule has 0 saturated carbocycles. The number of hydrogen-bond acceptors (Lipinski definition) is 4. The van der Waals surface area contributed by atoms with E-state index >= 15 is 0 Å². The molecule has 0 aromatic heterocycles. The Bertz CT molecular complexity index is 233. The van der Waals surface area contributed by atoms with E-state index in [1.54, 1.807) is 6.92 Å². The zero-order chi connectivity index (χ0) is 12.6. The van der Waals surface area contributed by atoms with Crippen LogP contribution in [0.1, 0.15) is 20.3 Å². The summed E-state index contributed by atoms with van der Waals surface area (Å²) in [5.41, 5.74) is 0. The molecule has 0 saturated heterocycles. The van der Waals surface area contributed by atoms with E-state index in [0.717, 1.165) is 6.54 Å². The molecule has 0 aromatic carbocycles. The van der Waals surface area contributed by atoms with Crippen molar-refractivity contribution in [2.24, 2.45) is 5.92 Å². The van der Waals surface area contributed by atoms with E-state index in [9.17, 15) is 9.59 Å². The Hall–Kier alpha value is -1.14. The third-order valence-electron chi connectivity index (χ3n) is 2.15. The molecule has 4 N–H and O–H groups in total. The molecule has 6 nitrogen and oxygen atoms in total. The Morgan fingerprint density at radius 1 is 1.38 bits per heavy atom. The molecule has 0 aliphatic carbocycles. The number of nitrogens with one attached hydrogen (secondary N) is 2. The van der Waals surface area contributed by atoms with Crippen LogP contribution in [0.2, 0.25) is 0 Å². The quantitative estimate of drug-likeness (QED) is 0.438. The molecule has 0 aromatic rings. The van der Waals surface area contributed by atoms with Gasteiger partial charge in [0.1, 0.15) is 0 Å². The number of rotatable bonds is 8. The van der Waals surface area contributed by atoms with Gasteiger partial charge >= 0.3 is 5.97 Å². The highest BCUT2D eigenvalue weighted by molar-refractivity contribution is 5.78. The Labute approximate surface area is 95.0 Å². The summed E-state index contributed by atoms with van der Waals surface area (Å²) in [5, 5.41) is 23.0. The maximum Gasteiger partial charge on any atom is 0.332 e. The number of aliphatic hydroxyl groups is 1. The summed E-state index contributed by atoms with van der Waals surface area (Å²) in [6.07, 6.45) is -1.39. The molecule has 2 unspecified atom stereocenters. The highest BCUT2D eigenvalue weighted by atomic mass is 16.4. The van der Waals surface area contributed by atoms with Gasteiger partial charge in [-0.05, 0) is 6.54 Å². The van der Waals surface area contributed by atoms with Gasteiger partial charge in [-0.2, -0.15) is 0 Å². The Morgan fingerprint density at radius 2 is 2.00 bits per heavy atom. The third-order valence-corrected chi connectivity index (χ3v) is 2.15. The number of hydrogen-bond donors (Lipinski definition) is 4. The number of carbonyl (C=O) groups is 2. The van der Waals surface area contributed by atoms with Crippen LogP contribution < -0.4 is 10.6 Å². The van der Waals surface area contributed by atoms with Gasteiger partial charge in [0, 0.05) is 25.4 Å². The lowest BCUT2D eigenvalue weighted by molar-refractivity contribution is -0.147. The summed E-state index contributed by atoms with van der Waals surface area (Å²) in [4.78, 5) is 21.7. The van der Waals surface area contributed by atoms with Crippen molar-refractivity contribution >= 4 is 11.9 Å². The van der Waals surface area contributed by atoms with E-state index in [2.05, 4.69) is 10.6 Å². The number of aliphatic hydroxyl groups excluding tert-OH is 1. The first-order valence-electron chi connectivity index (χ1n) is 5.38. The van der Waals surface area contributed by atoms with Gasteiger partial charge in [0.05, 0.1) is 0 Å². The SMILES string of the molecule is CCNCC(C)C(=O)NCCC(O)C(=O)O. The molecular weight excluding hydrogens is 212 g/mol. The fourth-order valence-electron chi connectivity index (χ4n) is 1.08. The van der Waals surface area contributed by atoms with Gasteiger partial charge in [0.15, 0.2) is 6.10 Å². The second-order valence-corrected chi connectivity index (χ2v) is 3.64. The lowest BCUT2D eigenvalue weighted by Gasteiger charge is -2.12. The van der Waals surface area contributed by atoms with Gasteiger partial charge < -0.3 is 20.8 Å². The Balaban J connectivity index is 3.68. The standard InChI is InChI=1S/C10H20N2O4/c1-3-11-6-7(2)9(14)12-5-4-8(13)10(15)16/h7-8,11,13H,3-6H2,1-2H3,(H,12,14)(H,15,16). The number of carboxylic acids is 1. The maximum absolute atomic E-state index is 11.4. The molecule has 0 fully saturated rings. The topological polar surface area (TPSA) is 98.7 Å². The molecule has 0 radical (unpaired) electrons. The predicted molar refractivity (Wildman–Crippen MR) is 59.0 cm³/mol. The molecule has 94 valence electrons. The van der Waals surface area contributed by atoms with Crippen molar-refractivity contribution in [1.82, 2.24) is 10.6 Å². The van der Waals surface area contributed by atoms with Crippen molar-refractivity contribution in [3.8, 4) is 0 Å². The minimum absolute atomic E-state index is 0.0228. The molecule has 2 atom stereocenters. The third kappa shape index (κ3) is 6.36. The highest BCUT2D eigenvalue weighted by Gasteiger charge is 2.15. The Kier molecular flexibility index (Phi) is 7.49. The van der Waals surface area contributed by atoms with E-state index in [1.165, 1.54) is 0 Å². The first-order chi connectivity index (χ1) is 7.49. The second-order valence-electron chi connectivity index (χ2n) is 3.64. The van der Waals surface area contributed by atoms with Crippen molar-refractivity contribution in [1.29, 1.82) is 0 Å². The van der Waals surface area contributed by atoms with Gasteiger partial charge in [0.2, 0.25) is 5.91 Å². The number of aliphatic carboxylic acids is 1. The highest BCUT2D eigenvalue weighted by Crippen LogP contribution is 1.94. The maximum atomic E-state index is 11.4. The van der Waals surface area contributed by atoms with Crippen LogP contribution >= 0.6 is 0 Å². The van der Waals surface area contributed by atoms with E-state index in [1.807, 2.05) is 6.92 Å². The number of carbonyl (C=O) groups excluding carboxylic acids is 1. The average molecular weight is 232 g/mol. The smallest absolute Gasteiger partial charge is 0.332 e. The monoisotopic (exact) mass is 232 g/mol. The molecule has 0 bridgehead atoms.